The van der Waals surface area contributed by atoms with Crippen LogP contribution in [-0.4, -0.2) is 78.6 Å². The number of benzene rings is 1. The minimum absolute atomic E-state index is 0.0104. The molecule has 3 heterocycles. The van der Waals surface area contributed by atoms with Crippen LogP contribution < -0.4 is 10.2 Å². The number of nitrogens with one attached hydrogen (secondary N) is 1. The molecule has 3 saturated heterocycles. The fourth-order valence-electron chi connectivity index (χ4n) is 5.89. The maximum atomic E-state index is 13.8. The third-order valence-corrected chi connectivity index (χ3v) is 8.12. The normalized spacial score (nSPS) is 22.3. The largest absolute Gasteiger partial charge is 0.376 e. The molecule has 1 aromatic rings. The third kappa shape index (κ3) is 5.69. The number of carbonyl (C=O) groups excluding carboxylic acids is 3. The number of hydrogen-bond acceptors (Lipinski definition) is 5. The minimum Gasteiger partial charge on any atom is -0.376 e. The lowest BCUT2D eigenvalue weighted by atomic mass is 9.84. The van der Waals surface area contributed by atoms with Crippen molar-refractivity contribution in [3.05, 3.63) is 30.3 Å². The standard InChI is InChI=1S/C28H42N4O4/c1-3-5-10-22(4-2)26(34)30-16-14-28(15-17-30)27(35)31(21-32(28)23-11-7-6-8-12-23)20-25(33)29-19-24-13-9-18-36-24/h6-8,11-12,22,24H,3-5,9-10,13-21H2,1-2H3,(H,29,33). The summed E-state index contributed by atoms with van der Waals surface area (Å²) in [5.41, 5.74) is 0.250. The topological polar surface area (TPSA) is 82.2 Å². The van der Waals surface area contributed by atoms with Gasteiger partial charge in [-0.3, -0.25) is 14.4 Å². The van der Waals surface area contributed by atoms with E-state index in [4.69, 9.17) is 4.74 Å². The molecule has 4 rings (SSSR count). The molecule has 36 heavy (non-hydrogen) atoms. The first-order valence-electron chi connectivity index (χ1n) is 13.8. The Balaban J connectivity index is 1.44. The molecule has 0 saturated carbocycles. The van der Waals surface area contributed by atoms with Gasteiger partial charge in [0, 0.05) is 37.8 Å². The van der Waals surface area contributed by atoms with Gasteiger partial charge in [-0.2, -0.15) is 0 Å². The summed E-state index contributed by atoms with van der Waals surface area (Å²) in [6.45, 7) is 7.01. The smallest absolute Gasteiger partial charge is 0.250 e. The van der Waals surface area contributed by atoms with E-state index in [1.54, 1.807) is 4.90 Å². The van der Waals surface area contributed by atoms with Crippen molar-refractivity contribution in [3.63, 3.8) is 0 Å². The number of ether oxygens (including phenoxy) is 1. The zero-order chi connectivity index (χ0) is 25.5. The van der Waals surface area contributed by atoms with Crippen LogP contribution in [0.3, 0.4) is 0 Å². The molecule has 8 heteroatoms. The highest BCUT2D eigenvalue weighted by Crippen LogP contribution is 2.39. The second-order valence-corrected chi connectivity index (χ2v) is 10.5. The summed E-state index contributed by atoms with van der Waals surface area (Å²) in [5, 5.41) is 2.95. The summed E-state index contributed by atoms with van der Waals surface area (Å²) < 4.78 is 5.60. The number of para-hydroxylation sites is 1. The molecule has 3 aliphatic heterocycles. The summed E-state index contributed by atoms with van der Waals surface area (Å²) in [6.07, 6.45) is 7.13. The van der Waals surface area contributed by atoms with Gasteiger partial charge in [-0.25, -0.2) is 0 Å². The Kier molecular flexibility index (Phi) is 8.88. The van der Waals surface area contributed by atoms with Gasteiger partial charge in [0.1, 0.15) is 12.1 Å². The zero-order valence-electron chi connectivity index (χ0n) is 21.9. The first-order valence-corrected chi connectivity index (χ1v) is 13.8. The number of unbranched alkanes of at least 4 members (excludes halogenated alkanes) is 1. The van der Waals surface area contributed by atoms with Crippen molar-refractivity contribution < 1.29 is 19.1 Å². The van der Waals surface area contributed by atoms with Crippen LogP contribution in [0.4, 0.5) is 5.69 Å². The van der Waals surface area contributed by atoms with Crippen molar-refractivity contribution in [2.75, 3.05) is 44.4 Å². The minimum atomic E-state index is -0.724. The molecule has 1 N–H and O–H groups in total. The van der Waals surface area contributed by atoms with Crippen LogP contribution in [0.2, 0.25) is 0 Å². The number of hydrogen-bond donors (Lipinski definition) is 1. The monoisotopic (exact) mass is 498 g/mol. The Labute approximate surface area is 215 Å². The fraction of sp³-hybridized carbons (Fsp3) is 0.679. The Bertz CT molecular complexity index is 894. The Morgan fingerprint density at radius 2 is 1.92 bits per heavy atom. The van der Waals surface area contributed by atoms with Crippen LogP contribution in [0.1, 0.15) is 65.2 Å². The van der Waals surface area contributed by atoms with E-state index in [9.17, 15) is 14.4 Å². The van der Waals surface area contributed by atoms with Crippen LogP contribution in [0.15, 0.2) is 30.3 Å². The summed E-state index contributed by atoms with van der Waals surface area (Å²) in [4.78, 5) is 45.6. The highest BCUT2D eigenvalue weighted by Gasteiger charge is 2.54. The van der Waals surface area contributed by atoms with E-state index in [1.165, 1.54) is 0 Å². The van der Waals surface area contributed by atoms with Crippen molar-refractivity contribution in [2.24, 2.45) is 5.92 Å². The lowest BCUT2D eigenvalue weighted by Crippen LogP contribution is -2.58. The number of rotatable bonds is 10. The van der Waals surface area contributed by atoms with Crippen LogP contribution >= 0.6 is 0 Å². The number of likely N-dealkylation sites (tertiary alicyclic amines) is 1. The summed E-state index contributed by atoms with van der Waals surface area (Å²) in [5.74, 6) is 0.123. The van der Waals surface area contributed by atoms with E-state index in [0.717, 1.165) is 50.8 Å². The quantitative estimate of drug-likeness (QED) is 0.536. The van der Waals surface area contributed by atoms with Crippen LogP contribution in [0.25, 0.3) is 0 Å². The maximum absolute atomic E-state index is 13.8. The van der Waals surface area contributed by atoms with Crippen LogP contribution in [0.5, 0.6) is 0 Å². The molecule has 1 aromatic carbocycles. The van der Waals surface area contributed by atoms with Gasteiger partial charge in [0.05, 0.1) is 12.8 Å². The Morgan fingerprint density at radius 1 is 1.17 bits per heavy atom. The molecule has 3 amide bonds. The predicted molar refractivity (Wildman–Crippen MR) is 139 cm³/mol. The first kappa shape index (κ1) is 26.5. The molecule has 2 atom stereocenters. The van der Waals surface area contributed by atoms with Gasteiger partial charge in [0.2, 0.25) is 11.8 Å². The van der Waals surface area contributed by atoms with Crippen molar-refractivity contribution in [1.29, 1.82) is 0 Å². The SMILES string of the molecule is CCCCC(CC)C(=O)N1CCC2(CC1)C(=O)N(CC(=O)NCC1CCCO1)CN2c1ccccc1. The average molecular weight is 499 g/mol. The fourth-order valence-corrected chi connectivity index (χ4v) is 5.89. The molecule has 2 unspecified atom stereocenters. The Hall–Kier alpha value is -2.61. The number of amides is 3. The van der Waals surface area contributed by atoms with E-state index in [-0.39, 0.29) is 36.3 Å². The van der Waals surface area contributed by atoms with Gasteiger partial charge >= 0.3 is 0 Å². The highest BCUT2D eigenvalue weighted by atomic mass is 16.5. The summed E-state index contributed by atoms with van der Waals surface area (Å²) in [6, 6.07) is 9.95. The molecule has 198 valence electrons. The molecular weight excluding hydrogens is 456 g/mol. The molecule has 3 aliphatic rings. The number of piperidine rings is 1. The van der Waals surface area contributed by atoms with Gasteiger partial charge in [-0.05, 0) is 50.7 Å². The van der Waals surface area contributed by atoms with Crippen molar-refractivity contribution in [1.82, 2.24) is 15.1 Å². The zero-order valence-corrected chi connectivity index (χ0v) is 21.9. The highest BCUT2D eigenvalue weighted by molar-refractivity contribution is 5.96. The van der Waals surface area contributed by atoms with Crippen molar-refractivity contribution in [2.45, 2.75) is 76.9 Å². The molecule has 3 fully saturated rings. The third-order valence-electron chi connectivity index (χ3n) is 8.12. The second-order valence-electron chi connectivity index (χ2n) is 10.5. The number of carbonyl (C=O) groups is 3. The van der Waals surface area contributed by atoms with Gasteiger partial charge in [0.15, 0.2) is 0 Å². The molecule has 0 radical (unpaired) electrons. The average Bonchev–Trinajstić information content (AvgIpc) is 3.52. The van der Waals surface area contributed by atoms with E-state index >= 15 is 0 Å². The number of anilines is 1. The van der Waals surface area contributed by atoms with Gasteiger partial charge in [0.25, 0.3) is 5.91 Å². The van der Waals surface area contributed by atoms with Gasteiger partial charge in [-0.1, -0.05) is 44.9 Å². The summed E-state index contributed by atoms with van der Waals surface area (Å²) >= 11 is 0. The van der Waals surface area contributed by atoms with E-state index in [2.05, 4.69) is 24.1 Å². The van der Waals surface area contributed by atoms with Crippen molar-refractivity contribution >= 4 is 23.4 Å². The molecule has 1 spiro atoms. The molecule has 0 aromatic heterocycles. The molecular formula is C28H42N4O4. The molecule has 0 bridgehead atoms. The first-order chi connectivity index (χ1) is 17.5. The second kappa shape index (κ2) is 12.1. The van der Waals surface area contributed by atoms with E-state index in [0.29, 0.717) is 39.1 Å². The van der Waals surface area contributed by atoms with Gasteiger partial charge < -0.3 is 24.8 Å². The lowest BCUT2D eigenvalue weighted by Gasteiger charge is -2.44. The van der Waals surface area contributed by atoms with Crippen molar-refractivity contribution in [3.8, 4) is 0 Å². The maximum Gasteiger partial charge on any atom is 0.250 e. The molecule has 0 aliphatic carbocycles. The Morgan fingerprint density at radius 3 is 2.56 bits per heavy atom. The lowest BCUT2D eigenvalue weighted by molar-refractivity contribution is -0.142. The van der Waals surface area contributed by atoms with Crippen LogP contribution in [-0.2, 0) is 19.1 Å². The van der Waals surface area contributed by atoms with Gasteiger partial charge in [-0.15, -0.1) is 0 Å². The predicted octanol–water partition coefficient (Wildman–Crippen LogP) is 3.17. The molecule has 8 nitrogen and oxygen atoms in total. The van der Waals surface area contributed by atoms with Crippen LogP contribution in [0, 0.1) is 5.92 Å². The number of nitrogens with zero attached hydrogens (tertiary/aromatic N) is 3. The van der Waals surface area contributed by atoms with E-state index in [1.807, 2.05) is 35.2 Å². The summed E-state index contributed by atoms with van der Waals surface area (Å²) in [7, 11) is 0. The van der Waals surface area contributed by atoms with E-state index < -0.39 is 5.54 Å².